The average Bonchev–Trinajstić information content (AvgIpc) is 2.16. The van der Waals surface area contributed by atoms with Crippen molar-refractivity contribution in [2.45, 2.75) is 39.0 Å². The number of nitrogens with zero attached hydrogens (tertiary/aromatic N) is 2. The van der Waals surface area contributed by atoms with Crippen LogP contribution in [0.3, 0.4) is 0 Å². The number of aliphatic hydroxyl groups is 1. The second-order valence-corrected chi connectivity index (χ2v) is 3.23. The molecule has 0 heterocycles. The molecule has 0 aliphatic carbocycles. The Morgan fingerprint density at radius 3 is 2.38 bits per heavy atom. The van der Waals surface area contributed by atoms with E-state index < -0.39 is 0 Å². The number of hydrazone groups is 1. The van der Waals surface area contributed by atoms with Crippen molar-refractivity contribution in [2.75, 3.05) is 13.6 Å². The van der Waals surface area contributed by atoms with Crippen molar-refractivity contribution in [3.63, 3.8) is 0 Å². The van der Waals surface area contributed by atoms with Gasteiger partial charge in [-0.3, -0.25) is 5.21 Å². The Kier molecular flexibility index (Phi) is 7.15. The van der Waals surface area contributed by atoms with Crippen molar-refractivity contribution in [1.29, 1.82) is 0 Å². The summed E-state index contributed by atoms with van der Waals surface area (Å²) in [5.41, 5.74) is 0. The Morgan fingerprint density at radius 1 is 1.23 bits per heavy atom. The molecular weight excluding hydrogens is 168 g/mol. The van der Waals surface area contributed by atoms with Crippen LogP contribution in [0.5, 0.6) is 0 Å². The molecule has 0 aliphatic heterocycles. The van der Waals surface area contributed by atoms with Gasteiger partial charge < -0.3 is 5.11 Å². The number of rotatable bonds is 7. The van der Waals surface area contributed by atoms with E-state index in [-0.39, 0.29) is 0 Å². The van der Waals surface area contributed by atoms with Crippen LogP contribution in [-0.4, -0.2) is 40.2 Å². The normalized spacial score (nSPS) is 11.7. The van der Waals surface area contributed by atoms with Crippen LogP contribution in [0.15, 0.2) is 0 Å². The van der Waals surface area contributed by atoms with Crippen LogP contribution in [-0.2, 0) is 0 Å². The van der Waals surface area contributed by atoms with Crippen LogP contribution < -0.4 is 0 Å². The molecule has 13 heavy (non-hydrogen) atoms. The van der Waals surface area contributed by atoms with Gasteiger partial charge in [-0.25, -0.2) is 0 Å². The zero-order valence-electron chi connectivity index (χ0n) is 8.61. The molecule has 0 spiro atoms. The lowest BCUT2D eigenvalue weighted by Gasteiger charge is -2.07. The highest BCUT2D eigenvalue weighted by Gasteiger charge is 2.07. The molecule has 4 heteroatoms. The standard InChI is InChI=1S/C9H20N2O2/c1-3-4-5-6-7-8-10(2)11(13)9-12/h9,13H,3-8H2,1-2H3/p+1. The highest BCUT2D eigenvalue weighted by atomic mass is 16.5. The number of hydrazine groups is 1. The van der Waals surface area contributed by atoms with E-state index in [1.165, 1.54) is 25.7 Å². The smallest absolute Gasteiger partial charge is 0.404 e. The molecule has 2 N–H and O–H groups in total. The summed E-state index contributed by atoms with van der Waals surface area (Å²) in [6.07, 6.45) is 6.63. The topological polar surface area (TPSA) is 46.7 Å². The van der Waals surface area contributed by atoms with E-state index in [1.54, 1.807) is 12.1 Å². The van der Waals surface area contributed by atoms with Crippen molar-refractivity contribution in [3.05, 3.63) is 0 Å². The lowest BCUT2D eigenvalue weighted by molar-refractivity contribution is -0.884. The molecule has 0 saturated carbocycles. The largest absolute Gasteiger partial charge is 0.460 e. The summed E-state index contributed by atoms with van der Waals surface area (Å²) in [7, 11) is 1.73. The third kappa shape index (κ3) is 6.25. The molecule has 0 bridgehead atoms. The van der Waals surface area contributed by atoms with Crippen LogP contribution in [0.4, 0.5) is 0 Å². The summed E-state index contributed by atoms with van der Waals surface area (Å²) >= 11 is 0. The molecule has 0 radical (unpaired) electrons. The van der Waals surface area contributed by atoms with Gasteiger partial charge in [0, 0.05) is 0 Å². The third-order valence-corrected chi connectivity index (χ3v) is 2.04. The first kappa shape index (κ1) is 12.1. The molecule has 0 aliphatic rings. The van der Waals surface area contributed by atoms with Gasteiger partial charge in [0.05, 0.1) is 13.6 Å². The first-order valence-corrected chi connectivity index (χ1v) is 4.89. The predicted octanol–water partition coefficient (Wildman–Crippen LogP) is 1.79. The quantitative estimate of drug-likeness (QED) is 0.160. The van der Waals surface area contributed by atoms with Gasteiger partial charge >= 0.3 is 6.40 Å². The molecule has 0 aromatic rings. The summed E-state index contributed by atoms with van der Waals surface area (Å²) in [6, 6.07) is 0. The number of hydrogen-bond acceptors (Lipinski definition) is 2. The van der Waals surface area contributed by atoms with Crippen molar-refractivity contribution >= 4 is 6.40 Å². The molecule has 0 unspecified atom stereocenters. The van der Waals surface area contributed by atoms with Gasteiger partial charge in [-0.05, 0) is 6.42 Å². The van der Waals surface area contributed by atoms with E-state index in [1.807, 2.05) is 0 Å². The van der Waals surface area contributed by atoms with Crippen LogP contribution in [0.2, 0.25) is 0 Å². The molecule has 0 amide bonds. The zero-order valence-corrected chi connectivity index (χ0v) is 8.61. The molecule has 0 saturated heterocycles. The maximum Gasteiger partial charge on any atom is 0.404 e. The second kappa shape index (κ2) is 7.71. The fraction of sp³-hybridized carbons (Fsp3) is 0.889. The Morgan fingerprint density at radius 2 is 1.85 bits per heavy atom. The van der Waals surface area contributed by atoms with E-state index in [9.17, 15) is 0 Å². The third-order valence-electron chi connectivity index (χ3n) is 2.04. The Labute approximate surface area is 80.0 Å². The number of aliphatic hydroxyl groups excluding tert-OH is 1. The highest BCUT2D eigenvalue weighted by Crippen LogP contribution is 2.02. The average molecular weight is 189 g/mol. The molecule has 78 valence electrons. The maximum atomic E-state index is 8.98. The Balaban J connectivity index is 3.32. The number of unbranched alkanes of at least 4 members (excludes halogenated alkanes) is 4. The molecule has 0 atom stereocenters. The van der Waals surface area contributed by atoms with Gasteiger partial charge in [0.1, 0.15) is 4.85 Å². The monoisotopic (exact) mass is 189 g/mol. The Bertz CT molecular complexity index is 149. The molecule has 0 aromatic heterocycles. The number of hydrogen-bond donors (Lipinski definition) is 2. The van der Waals surface area contributed by atoms with Gasteiger partial charge in [-0.15, -0.1) is 5.01 Å². The van der Waals surface area contributed by atoms with Crippen LogP contribution in [0.1, 0.15) is 39.0 Å². The van der Waals surface area contributed by atoms with E-state index in [2.05, 4.69) is 6.92 Å². The summed E-state index contributed by atoms with van der Waals surface area (Å²) in [5.74, 6) is 0. The lowest BCUT2D eigenvalue weighted by Crippen LogP contribution is -2.30. The van der Waals surface area contributed by atoms with Gasteiger partial charge in [-0.1, -0.05) is 32.6 Å². The van der Waals surface area contributed by atoms with Crippen LogP contribution >= 0.6 is 0 Å². The van der Waals surface area contributed by atoms with Crippen LogP contribution in [0, 0.1) is 0 Å². The summed E-state index contributed by atoms with van der Waals surface area (Å²) in [6.45, 7) is 2.94. The minimum absolute atomic E-state index is 0.645. The molecule has 0 aromatic carbocycles. The van der Waals surface area contributed by atoms with E-state index in [0.29, 0.717) is 11.2 Å². The molecule has 0 fully saturated rings. The Hall–Kier alpha value is -0.930. The maximum absolute atomic E-state index is 8.98. The minimum Gasteiger partial charge on any atom is -0.460 e. The first-order chi connectivity index (χ1) is 6.22. The lowest BCUT2D eigenvalue weighted by atomic mass is 10.1. The second-order valence-electron chi connectivity index (χ2n) is 3.23. The molecular formula is C9H21N2O2+. The predicted molar refractivity (Wildman–Crippen MR) is 52.1 cm³/mol. The fourth-order valence-corrected chi connectivity index (χ4v) is 1.13. The first-order valence-electron chi connectivity index (χ1n) is 4.89. The van der Waals surface area contributed by atoms with Gasteiger partial charge in [0.2, 0.25) is 0 Å². The van der Waals surface area contributed by atoms with Gasteiger partial charge in [-0.2, -0.15) is 0 Å². The van der Waals surface area contributed by atoms with Crippen molar-refractivity contribution in [2.24, 2.45) is 0 Å². The molecule has 0 rings (SSSR count). The van der Waals surface area contributed by atoms with E-state index in [4.69, 9.17) is 10.3 Å². The van der Waals surface area contributed by atoms with Crippen molar-refractivity contribution < 1.29 is 15.2 Å². The SMILES string of the molecule is CCCCCCCN(C)[N+](O)=CO. The highest BCUT2D eigenvalue weighted by molar-refractivity contribution is 5.34. The van der Waals surface area contributed by atoms with Gasteiger partial charge in [0.15, 0.2) is 0 Å². The summed E-state index contributed by atoms with van der Waals surface area (Å²) < 4.78 is 0. The molecule has 4 nitrogen and oxygen atoms in total. The fourth-order valence-electron chi connectivity index (χ4n) is 1.13. The van der Waals surface area contributed by atoms with E-state index >= 15 is 0 Å². The van der Waals surface area contributed by atoms with Crippen LogP contribution in [0.25, 0.3) is 0 Å². The van der Waals surface area contributed by atoms with E-state index in [0.717, 1.165) is 13.0 Å². The van der Waals surface area contributed by atoms with Crippen molar-refractivity contribution in [1.82, 2.24) is 5.01 Å². The minimum atomic E-state index is 0.645. The zero-order chi connectivity index (χ0) is 10.1. The summed E-state index contributed by atoms with van der Waals surface area (Å²) in [4.78, 5) is 0.694. The summed E-state index contributed by atoms with van der Waals surface area (Å²) in [5, 5.41) is 19.0. The van der Waals surface area contributed by atoms with Gasteiger partial charge in [0.25, 0.3) is 0 Å². The van der Waals surface area contributed by atoms with Crippen molar-refractivity contribution in [3.8, 4) is 0 Å².